The third-order valence-corrected chi connectivity index (χ3v) is 2.05. The van der Waals surface area contributed by atoms with E-state index in [1.165, 1.54) is 4.68 Å². The van der Waals surface area contributed by atoms with Crippen LogP contribution in [0.3, 0.4) is 0 Å². The molecule has 15 heavy (non-hydrogen) atoms. The van der Waals surface area contributed by atoms with Gasteiger partial charge in [-0.2, -0.15) is 0 Å². The van der Waals surface area contributed by atoms with E-state index in [-0.39, 0.29) is 25.0 Å². The minimum Gasteiger partial charge on any atom is -0.381 e. The Kier molecular flexibility index (Phi) is 2.24. The Balaban J connectivity index is 1.93. The maximum absolute atomic E-state index is 11.2. The van der Waals surface area contributed by atoms with Crippen molar-refractivity contribution in [1.82, 2.24) is 25.2 Å². The molecule has 0 spiro atoms. The summed E-state index contributed by atoms with van der Waals surface area (Å²) >= 11 is 0. The van der Waals surface area contributed by atoms with Gasteiger partial charge in [0.1, 0.15) is 0 Å². The molecule has 1 fully saturated rings. The average Bonchev–Trinajstić information content (AvgIpc) is 2.73. The van der Waals surface area contributed by atoms with Crippen molar-refractivity contribution in [2.75, 3.05) is 18.8 Å². The summed E-state index contributed by atoms with van der Waals surface area (Å²) in [5, 5.41) is 9.71. The predicted molar refractivity (Wildman–Crippen MR) is 49.5 cm³/mol. The second-order valence-electron chi connectivity index (χ2n) is 3.11. The molecule has 0 unspecified atom stereocenters. The smallest absolute Gasteiger partial charge is 0.324 e. The number of hydrogen-bond acceptors (Lipinski definition) is 5. The summed E-state index contributed by atoms with van der Waals surface area (Å²) in [6.45, 7) is 0.731. The molecule has 1 aromatic heterocycles. The number of imide groups is 1. The Morgan fingerprint density at radius 2 is 2.27 bits per heavy atom. The highest BCUT2D eigenvalue weighted by Crippen LogP contribution is 2.00. The fraction of sp³-hybridized carbons (Fsp3) is 0.429. The molecule has 1 aliphatic heterocycles. The number of carbonyl (C=O) groups excluding carboxylic acids is 2. The zero-order valence-electron chi connectivity index (χ0n) is 7.88. The van der Waals surface area contributed by atoms with Crippen molar-refractivity contribution >= 4 is 17.8 Å². The van der Waals surface area contributed by atoms with Crippen LogP contribution in [0.25, 0.3) is 0 Å². The number of nitrogens with zero attached hydrogens (tertiary/aromatic N) is 4. The van der Waals surface area contributed by atoms with Crippen molar-refractivity contribution in [2.45, 2.75) is 6.54 Å². The molecule has 3 amide bonds. The van der Waals surface area contributed by atoms with Crippen LogP contribution in [0.5, 0.6) is 0 Å². The highest BCUT2D eigenvalue weighted by molar-refractivity contribution is 6.01. The average molecular weight is 210 g/mol. The van der Waals surface area contributed by atoms with Crippen LogP contribution in [0, 0.1) is 0 Å². The monoisotopic (exact) mass is 210 g/mol. The van der Waals surface area contributed by atoms with Gasteiger partial charge in [-0.15, -0.1) is 5.10 Å². The molecule has 8 nitrogen and oxygen atoms in total. The number of anilines is 1. The fourth-order valence-electron chi connectivity index (χ4n) is 1.31. The van der Waals surface area contributed by atoms with E-state index in [1.54, 1.807) is 6.20 Å². The van der Waals surface area contributed by atoms with Gasteiger partial charge in [-0.25, -0.2) is 9.48 Å². The SMILES string of the molecule is Nc1cn(CCN2C(=O)CNC2=O)nn1. The van der Waals surface area contributed by atoms with E-state index in [0.29, 0.717) is 12.4 Å². The topological polar surface area (TPSA) is 106 Å². The molecular formula is C7H10N6O2. The lowest BCUT2D eigenvalue weighted by Crippen LogP contribution is -2.33. The van der Waals surface area contributed by atoms with Gasteiger partial charge in [0.05, 0.1) is 25.8 Å². The largest absolute Gasteiger partial charge is 0.381 e. The van der Waals surface area contributed by atoms with E-state index in [1.807, 2.05) is 0 Å². The molecule has 80 valence electrons. The fourth-order valence-corrected chi connectivity index (χ4v) is 1.31. The van der Waals surface area contributed by atoms with Crippen molar-refractivity contribution in [3.63, 3.8) is 0 Å². The molecule has 0 aliphatic carbocycles. The standard InChI is InChI=1S/C7H10N6O2/c8-5-4-12(11-10-5)1-2-13-6(14)3-9-7(13)15/h4H,1-3,8H2,(H,9,15). The van der Waals surface area contributed by atoms with Crippen LogP contribution >= 0.6 is 0 Å². The predicted octanol–water partition coefficient (Wildman–Crippen LogP) is -1.59. The van der Waals surface area contributed by atoms with E-state index in [0.717, 1.165) is 4.90 Å². The zero-order chi connectivity index (χ0) is 10.8. The van der Waals surface area contributed by atoms with E-state index in [9.17, 15) is 9.59 Å². The van der Waals surface area contributed by atoms with Gasteiger partial charge in [-0.05, 0) is 0 Å². The lowest BCUT2D eigenvalue weighted by molar-refractivity contribution is -0.125. The van der Waals surface area contributed by atoms with Crippen LogP contribution in [0.4, 0.5) is 10.6 Å². The molecule has 1 saturated heterocycles. The van der Waals surface area contributed by atoms with Gasteiger partial charge < -0.3 is 11.1 Å². The molecule has 3 N–H and O–H groups in total. The van der Waals surface area contributed by atoms with Crippen LogP contribution in [-0.4, -0.2) is 44.9 Å². The van der Waals surface area contributed by atoms with Crippen molar-refractivity contribution in [3.8, 4) is 0 Å². The molecule has 8 heteroatoms. The van der Waals surface area contributed by atoms with Gasteiger partial charge >= 0.3 is 6.03 Å². The lowest BCUT2D eigenvalue weighted by Gasteiger charge is -2.11. The normalized spacial score (nSPS) is 15.9. The number of nitrogens with one attached hydrogen (secondary N) is 1. The number of hydrogen-bond donors (Lipinski definition) is 2. The Bertz CT molecular complexity index is 384. The molecule has 2 heterocycles. The third kappa shape index (κ3) is 1.87. The number of nitrogen functional groups attached to an aromatic ring is 1. The molecule has 0 bridgehead atoms. The number of carbonyl (C=O) groups is 2. The second kappa shape index (κ2) is 3.56. The van der Waals surface area contributed by atoms with Crippen LogP contribution in [0.1, 0.15) is 0 Å². The van der Waals surface area contributed by atoms with Gasteiger partial charge in [-0.3, -0.25) is 9.69 Å². The Hall–Kier alpha value is -2.12. The van der Waals surface area contributed by atoms with E-state index >= 15 is 0 Å². The molecule has 0 radical (unpaired) electrons. The summed E-state index contributed by atoms with van der Waals surface area (Å²) < 4.78 is 1.48. The summed E-state index contributed by atoms with van der Waals surface area (Å²) in [6.07, 6.45) is 1.54. The van der Waals surface area contributed by atoms with Gasteiger partial charge in [0.2, 0.25) is 5.91 Å². The van der Waals surface area contributed by atoms with Crippen LogP contribution in [0.2, 0.25) is 0 Å². The quantitative estimate of drug-likeness (QED) is 0.585. The highest BCUT2D eigenvalue weighted by atomic mass is 16.2. The number of nitrogens with two attached hydrogens (primary N) is 1. The zero-order valence-corrected chi connectivity index (χ0v) is 7.88. The molecule has 0 saturated carbocycles. The van der Waals surface area contributed by atoms with Gasteiger partial charge in [0.25, 0.3) is 0 Å². The number of urea groups is 1. The third-order valence-electron chi connectivity index (χ3n) is 2.05. The maximum atomic E-state index is 11.2. The van der Waals surface area contributed by atoms with Crippen molar-refractivity contribution < 1.29 is 9.59 Å². The van der Waals surface area contributed by atoms with Gasteiger partial charge in [0, 0.05) is 0 Å². The Morgan fingerprint density at radius 1 is 1.47 bits per heavy atom. The number of rotatable bonds is 3. The molecule has 1 aliphatic rings. The molecule has 0 atom stereocenters. The Morgan fingerprint density at radius 3 is 2.80 bits per heavy atom. The van der Waals surface area contributed by atoms with Crippen LogP contribution < -0.4 is 11.1 Å². The Labute approximate surface area is 85.0 Å². The number of amides is 3. The van der Waals surface area contributed by atoms with Crippen molar-refractivity contribution in [1.29, 1.82) is 0 Å². The van der Waals surface area contributed by atoms with Crippen molar-refractivity contribution in [2.24, 2.45) is 0 Å². The van der Waals surface area contributed by atoms with E-state index in [2.05, 4.69) is 15.6 Å². The minimum absolute atomic E-state index is 0.0678. The molecule has 2 rings (SSSR count). The summed E-state index contributed by atoms with van der Waals surface area (Å²) in [5.74, 6) is 0.0836. The summed E-state index contributed by atoms with van der Waals surface area (Å²) in [4.78, 5) is 23.5. The summed E-state index contributed by atoms with van der Waals surface area (Å²) in [7, 11) is 0. The second-order valence-corrected chi connectivity index (χ2v) is 3.11. The maximum Gasteiger partial charge on any atom is 0.324 e. The molecular weight excluding hydrogens is 200 g/mol. The molecule has 0 aromatic carbocycles. The first kappa shape index (κ1) is 9.44. The summed E-state index contributed by atoms with van der Waals surface area (Å²) in [5.41, 5.74) is 5.36. The first-order chi connectivity index (χ1) is 7.16. The van der Waals surface area contributed by atoms with E-state index < -0.39 is 0 Å². The van der Waals surface area contributed by atoms with Gasteiger partial charge in [-0.1, -0.05) is 5.21 Å². The number of aromatic nitrogens is 3. The minimum atomic E-state index is -0.368. The van der Waals surface area contributed by atoms with Gasteiger partial charge in [0.15, 0.2) is 5.82 Å². The first-order valence-electron chi connectivity index (χ1n) is 4.40. The van der Waals surface area contributed by atoms with Crippen molar-refractivity contribution in [3.05, 3.63) is 6.20 Å². The highest BCUT2D eigenvalue weighted by Gasteiger charge is 2.27. The molecule has 1 aromatic rings. The van der Waals surface area contributed by atoms with Crippen LogP contribution in [0.15, 0.2) is 6.20 Å². The van der Waals surface area contributed by atoms with E-state index in [4.69, 9.17) is 5.73 Å². The summed E-state index contributed by atoms with van der Waals surface area (Å²) in [6, 6.07) is -0.368. The first-order valence-corrected chi connectivity index (χ1v) is 4.40. The lowest BCUT2D eigenvalue weighted by atomic mass is 10.5. The van der Waals surface area contributed by atoms with Crippen LogP contribution in [-0.2, 0) is 11.3 Å².